The molecule has 1 aromatic heterocycles. The Morgan fingerprint density at radius 3 is 3.10 bits per heavy atom. The summed E-state index contributed by atoms with van der Waals surface area (Å²) in [5, 5.41) is 0. The smallest absolute Gasteiger partial charge is 0.134 e. The van der Waals surface area contributed by atoms with Gasteiger partial charge in [-0.3, -0.25) is 9.56 Å². The fourth-order valence-electron chi connectivity index (χ4n) is 0.696. The van der Waals surface area contributed by atoms with E-state index in [1.807, 2.05) is 6.07 Å². The second-order valence-corrected chi connectivity index (χ2v) is 1.75. The topological polar surface area (TPSA) is 30.2 Å². The normalized spacial score (nSPS) is 11.5. The van der Waals surface area contributed by atoms with Gasteiger partial charge in [0.25, 0.3) is 0 Å². The summed E-state index contributed by atoms with van der Waals surface area (Å²) in [6.45, 7) is 3.60. The number of rotatable bonds is 1. The van der Waals surface area contributed by atoms with E-state index in [0.717, 1.165) is 5.49 Å². The van der Waals surface area contributed by atoms with E-state index in [4.69, 9.17) is 0 Å². The summed E-state index contributed by atoms with van der Waals surface area (Å²) < 4.78 is 1.75. The first kappa shape index (κ1) is 6.74. The average molecular weight is 135 g/mol. The molecule has 0 aliphatic rings. The molecule has 1 aromatic rings. The predicted octanol–water partition coefficient (Wildman–Crippen LogP) is 0.514. The molecule has 1 heterocycles. The van der Waals surface area contributed by atoms with Crippen molar-refractivity contribution in [2.45, 2.75) is 0 Å². The Bertz CT molecular complexity index is 285. The standard InChI is InChI=1S/C7H9N3/c1-3-10-6-9-5-4-7(10)8-2/h3-6H,1H2,2H3. The first-order chi connectivity index (χ1) is 4.88. The Kier molecular flexibility index (Phi) is 1.99. The van der Waals surface area contributed by atoms with Crippen LogP contribution in [0.2, 0.25) is 0 Å². The van der Waals surface area contributed by atoms with Crippen LogP contribution >= 0.6 is 0 Å². The molecule has 0 aliphatic heterocycles. The lowest BCUT2D eigenvalue weighted by atomic mass is 10.6. The van der Waals surface area contributed by atoms with Crippen LogP contribution in [0.5, 0.6) is 0 Å². The molecule has 3 heteroatoms. The SMILES string of the molecule is C=Cn1cnccc1=NC. The maximum Gasteiger partial charge on any atom is 0.134 e. The van der Waals surface area contributed by atoms with Crippen molar-refractivity contribution >= 4 is 6.20 Å². The van der Waals surface area contributed by atoms with Gasteiger partial charge in [-0.1, -0.05) is 6.58 Å². The molecule has 0 fully saturated rings. The fraction of sp³-hybridized carbons (Fsp3) is 0.143. The number of nitrogens with zero attached hydrogens (tertiary/aromatic N) is 3. The van der Waals surface area contributed by atoms with Crippen molar-refractivity contribution < 1.29 is 0 Å². The Morgan fingerprint density at radius 1 is 1.80 bits per heavy atom. The molecule has 0 N–H and O–H groups in total. The molecule has 0 saturated carbocycles. The van der Waals surface area contributed by atoms with Gasteiger partial charge in [-0.15, -0.1) is 0 Å². The summed E-state index contributed by atoms with van der Waals surface area (Å²) in [6, 6.07) is 1.82. The molecule has 3 nitrogen and oxygen atoms in total. The average Bonchev–Trinajstić information content (AvgIpc) is 2.04. The van der Waals surface area contributed by atoms with Crippen LogP contribution in [0.1, 0.15) is 0 Å². The third kappa shape index (κ3) is 1.13. The van der Waals surface area contributed by atoms with Gasteiger partial charge < -0.3 is 0 Å². The summed E-state index contributed by atoms with van der Waals surface area (Å²) in [7, 11) is 1.73. The molecular weight excluding hydrogens is 126 g/mol. The third-order valence-corrected chi connectivity index (χ3v) is 1.19. The first-order valence-electron chi connectivity index (χ1n) is 2.96. The van der Waals surface area contributed by atoms with Gasteiger partial charge in [0.1, 0.15) is 11.8 Å². The first-order valence-corrected chi connectivity index (χ1v) is 2.96. The van der Waals surface area contributed by atoms with Crippen LogP contribution in [0.4, 0.5) is 0 Å². The van der Waals surface area contributed by atoms with E-state index < -0.39 is 0 Å². The molecule has 52 valence electrons. The summed E-state index contributed by atoms with van der Waals surface area (Å²) in [5.41, 5.74) is 0.852. The Hall–Kier alpha value is -1.38. The second kappa shape index (κ2) is 2.96. The number of hydrogen-bond donors (Lipinski definition) is 0. The van der Waals surface area contributed by atoms with Crippen molar-refractivity contribution in [2.75, 3.05) is 7.05 Å². The molecule has 0 aromatic carbocycles. The fourth-order valence-corrected chi connectivity index (χ4v) is 0.696. The lowest BCUT2D eigenvalue weighted by molar-refractivity contribution is 0.942. The van der Waals surface area contributed by atoms with Crippen LogP contribution in [0.15, 0.2) is 30.2 Å². The largest absolute Gasteiger partial charge is 0.293 e. The van der Waals surface area contributed by atoms with Gasteiger partial charge in [0, 0.05) is 19.4 Å². The van der Waals surface area contributed by atoms with E-state index in [1.165, 1.54) is 0 Å². The molecule has 0 bridgehead atoms. The monoisotopic (exact) mass is 135 g/mol. The molecule has 0 spiro atoms. The summed E-state index contributed by atoms with van der Waals surface area (Å²) in [5.74, 6) is 0. The third-order valence-electron chi connectivity index (χ3n) is 1.19. The van der Waals surface area contributed by atoms with Gasteiger partial charge in [-0.05, 0) is 6.07 Å². The minimum Gasteiger partial charge on any atom is -0.293 e. The van der Waals surface area contributed by atoms with Crippen molar-refractivity contribution in [3.05, 3.63) is 30.7 Å². The minimum absolute atomic E-state index is 0.852. The molecule has 0 atom stereocenters. The van der Waals surface area contributed by atoms with Crippen molar-refractivity contribution in [3.63, 3.8) is 0 Å². The highest BCUT2D eigenvalue weighted by Gasteiger charge is 1.81. The zero-order valence-electron chi connectivity index (χ0n) is 5.86. The highest BCUT2D eigenvalue weighted by molar-refractivity contribution is 5.14. The number of aromatic nitrogens is 2. The maximum atomic E-state index is 3.99. The minimum atomic E-state index is 0.852. The maximum absolute atomic E-state index is 3.99. The van der Waals surface area contributed by atoms with E-state index >= 15 is 0 Å². The molecule has 1 rings (SSSR count). The molecule has 0 unspecified atom stereocenters. The van der Waals surface area contributed by atoms with E-state index in [2.05, 4.69) is 16.6 Å². The zero-order valence-corrected chi connectivity index (χ0v) is 5.86. The molecule has 0 saturated heterocycles. The number of hydrogen-bond acceptors (Lipinski definition) is 2. The van der Waals surface area contributed by atoms with Crippen LogP contribution in [0.25, 0.3) is 6.20 Å². The quantitative estimate of drug-likeness (QED) is 0.552. The van der Waals surface area contributed by atoms with E-state index in [0.29, 0.717) is 0 Å². The lowest BCUT2D eigenvalue weighted by Gasteiger charge is -1.95. The zero-order chi connectivity index (χ0) is 7.40. The van der Waals surface area contributed by atoms with Crippen LogP contribution in [-0.2, 0) is 0 Å². The highest BCUT2D eigenvalue weighted by Crippen LogP contribution is 1.75. The summed E-state index contributed by atoms with van der Waals surface area (Å²) in [4.78, 5) is 7.89. The molecule has 10 heavy (non-hydrogen) atoms. The van der Waals surface area contributed by atoms with Gasteiger partial charge in [0.05, 0.1) is 0 Å². The van der Waals surface area contributed by atoms with Gasteiger partial charge >= 0.3 is 0 Å². The van der Waals surface area contributed by atoms with Crippen LogP contribution in [0.3, 0.4) is 0 Å². The second-order valence-electron chi connectivity index (χ2n) is 1.75. The van der Waals surface area contributed by atoms with Gasteiger partial charge in [0.15, 0.2) is 0 Å². The van der Waals surface area contributed by atoms with Gasteiger partial charge in [-0.25, -0.2) is 4.98 Å². The van der Waals surface area contributed by atoms with Crippen molar-refractivity contribution in [3.8, 4) is 0 Å². The van der Waals surface area contributed by atoms with Gasteiger partial charge in [0.2, 0.25) is 0 Å². The Balaban J connectivity index is 3.36. The Morgan fingerprint density at radius 2 is 2.60 bits per heavy atom. The van der Waals surface area contributed by atoms with E-state index in [1.54, 1.807) is 30.3 Å². The summed E-state index contributed by atoms with van der Waals surface area (Å²) in [6.07, 6.45) is 5.02. The van der Waals surface area contributed by atoms with Crippen molar-refractivity contribution in [1.29, 1.82) is 0 Å². The van der Waals surface area contributed by atoms with E-state index in [-0.39, 0.29) is 0 Å². The molecule has 0 radical (unpaired) electrons. The predicted molar refractivity (Wildman–Crippen MR) is 40.1 cm³/mol. The van der Waals surface area contributed by atoms with Crippen LogP contribution in [0, 0.1) is 0 Å². The lowest BCUT2D eigenvalue weighted by Crippen LogP contribution is -2.14. The van der Waals surface area contributed by atoms with E-state index in [9.17, 15) is 0 Å². The van der Waals surface area contributed by atoms with Crippen molar-refractivity contribution in [1.82, 2.24) is 9.55 Å². The van der Waals surface area contributed by atoms with Gasteiger partial charge in [-0.2, -0.15) is 0 Å². The van der Waals surface area contributed by atoms with Crippen LogP contribution in [-0.4, -0.2) is 16.6 Å². The molecular formula is C7H9N3. The highest BCUT2D eigenvalue weighted by atomic mass is 15.0. The molecule has 0 amide bonds. The molecule has 0 aliphatic carbocycles. The Labute approximate surface area is 59.4 Å². The van der Waals surface area contributed by atoms with Crippen LogP contribution < -0.4 is 5.49 Å². The summed E-state index contributed by atoms with van der Waals surface area (Å²) >= 11 is 0. The van der Waals surface area contributed by atoms with Crippen molar-refractivity contribution in [2.24, 2.45) is 4.99 Å².